The number of aliphatic carboxylic acids is 1. The first-order valence-electron chi connectivity index (χ1n) is 19.9. The lowest BCUT2D eigenvalue weighted by atomic mass is 10.0. The Morgan fingerprint density at radius 1 is 0.638 bits per heavy atom. The smallest absolute Gasteiger partial charge is 0.346 e. The normalized spacial score (nSPS) is 11.7. The van der Waals surface area contributed by atoms with E-state index in [-0.39, 0.29) is 5.57 Å². The Bertz CT molecular complexity index is 2750. The molecule has 0 bridgehead atoms. The SMILES string of the molecule is CCCCCCn1c2ccccc2c2cc(-c3ccc(-n4c(/C=C(/C#N)C(=O)O)ccc4/C=C/c4ccc(N(c5ccccc5)c5ccccc5)cc4)cc3)ccc21. The standard InChI is InChI=1S/C52H44N4O2/c1-2-3-4-13-34-54-50-19-12-11-18-48(50)49-36-40(25-33-51(49)54)39-23-29-46(30-24-39)56-45(31-32-47(56)35-41(37-53)52(57)58)28-22-38-20-26-44(27-21-38)55(42-14-7-5-8-15-42)43-16-9-6-10-17-43/h5-12,14-33,35-36H,2-4,13,34H2,1H3,(H,57,58)/b28-22+,41-35-. The number of carbonyl (C=O) groups is 1. The van der Waals surface area contributed by atoms with Gasteiger partial charge in [0.1, 0.15) is 11.6 Å². The number of fused-ring (bicyclic) bond motifs is 3. The summed E-state index contributed by atoms with van der Waals surface area (Å²) in [7, 11) is 0. The molecule has 2 heterocycles. The molecule has 1 N–H and O–H groups in total. The Balaban J connectivity index is 1.11. The van der Waals surface area contributed by atoms with Crippen molar-refractivity contribution in [3.8, 4) is 22.9 Å². The number of anilines is 3. The summed E-state index contributed by atoms with van der Waals surface area (Å²) in [6.45, 7) is 3.25. The van der Waals surface area contributed by atoms with Crippen molar-refractivity contribution in [2.45, 2.75) is 39.2 Å². The molecule has 8 aromatic rings. The van der Waals surface area contributed by atoms with Crippen molar-refractivity contribution in [3.05, 3.63) is 186 Å². The average molecular weight is 757 g/mol. The van der Waals surface area contributed by atoms with Crippen molar-refractivity contribution >= 4 is 63.1 Å². The van der Waals surface area contributed by atoms with Crippen molar-refractivity contribution in [2.24, 2.45) is 0 Å². The fourth-order valence-electron chi connectivity index (χ4n) is 7.79. The highest BCUT2D eigenvalue weighted by molar-refractivity contribution is 6.09. The minimum Gasteiger partial charge on any atom is -0.477 e. The third kappa shape index (κ3) is 7.84. The van der Waals surface area contributed by atoms with Gasteiger partial charge in [-0.2, -0.15) is 5.26 Å². The van der Waals surface area contributed by atoms with E-state index >= 15 is 0 Å². The van der Waals surface area contributed by atoms with E-state index in [2.05, 4.69) is 132 Å². The van der Waals surface area contributed by atoms with E-state index in [9.17, 15) is 15.2 Å². The van der Waals surface area contributed by atoms with Gasteiger partial charge < -0.3 is 19.1 Å². The second-order valence-corrected chi connectivity index (χ2v) is 14.4. The van der Waals surface area contributed by atoms with E-state index in [1.807, 2.05) is 71.3 Å². The monoisotopic (exact) mass is 756 g/mol. The lowest BCUT2D eigenvalue weighted by Crippen LogP contribution is -2.09. The maximum atomic E-state index is 11.9. The van der Waals surface area contributed by atoms with Crippen LogP contribution in [-0.2, 0) is 11.3 Å². The van der Waals surface area contributed by atoms with Crippen molar-refractivity contribution in [1.29, 1.82) is 5.26 Å². The number of hydrogen-bond donors (Lipinski definition) is 1. The predicted octanol–water partition coefficient (Wildman–Crippen LogP) is 13.5. The van der Waals surface area contributed by atoms with Gasteiger partial charge in [-0.3, -0.25) is 0 Å². The largest absolute Gasteiger partial charge is 0.477 e. The van der Waals surface area contributed by atoms with Crippen LogP contribution >= 0.6 is 0 Å². The van der Waals surface area contributed by atoms with Crippen LogP contribution < -0.4 is 4.90 Å². The molecular weight excluding hydrogens is 713 g/mol. The molecule has 0 fully saturated rings. The van der Waals surface area contributed by atoms with Crippen molar-refractivity contribution in [1.82, 2.24) is 9.13 Å². The van der Waals surface area contributed by atoms with Crippen LogP contribution in [0, 0.1) is 11.3 Å². The molecule has 0 saturated heterocycles. The van der Waals surface area contributed by atoms with Gasteiger partial charge in [0.15, 0.2) is 0 Å². The Kier molecular flexibility index (Phi) is 11.1. The van der Waals surface area contributed by atoms with E-state index in [1.165, 1.54) is 47.1 Å². The molecule has 0 radical (unpaired) electrons. The maximum Gasteiger partial charge on any atom is 0.346 e. The molecule has 2 aromatic heterocycles. The molecule has 6 heteroatoms. The fourth-order valence-corrected chi connectivity index (χ4v) is 7.79. The van der Waals surface area contributed by atoms with Gasteiger partial charge in [0.05, 0.1) is 0 Å². The first kappa shape index (κ1) is 37.6. The van der Waals surface area contributed by atoms with Gasteiger partial charge in [-0.15, -0.1) is 0 Å². The van der Waals surface area contributed by atoms with Crippen LogP contribution in [0.25, 0.3) is 56.8 Å². The molecule has 6 nitrogen and oxygen atoms in total. The highest BCUT2D eigenvalue weighted by Crippen LogP contribution is 2.36. The molecule has 0 atom stereocenters. The average Bonchev–Trinajstić information content (AvgIpc) is 3.82. The van der Waals surface area contributed by atoms with Crippen LogP contribution in [0.1, 0.15) is 49.6 Å². The summed E-state index contributed by atoms with van der Waals surface area (Å²) >= 11 is 0. The third-order valence-electron chi connectivity index (χ3n) is 10.7. The first-order chi connectivity index (χ1) is 28.5. The summed E-state index contributed by atoms with van der Waals surface area (Å²) in [6, 6.07) is 58.4. The molecule has 0 unspecified atom stereocenters. The molecule has 58 heavy (non-hydrogen) atoms. The second kappa shape index (κ2) is 17.2. The van der Waals surface area contributed by atoms with Crippen LogP contribution in [0.5, 0.6) is 0 Å². The molecule has 284 valence electrons. The van der Waals surface area contributed by atoms with Gasteiger partial charge >= 0.3 is 5.97 Å². The minimum atomic E-state index is -1.26. The Morgan fingerprint density at radius 3 is 1.93 bits per heavy atom. The quantitative estimate of drug-likeness (QED) is 0.0681. The molecule has 0 aliphatic heterocycles. The second-order valence-electron chi connectivity index (χ2n) is 14.4. The van der Waals surface area contributed by atoms with Crippen molar-refractivity contribution in [3.63, 3.8) is 0 Å². The number of nitriles is 1. The summed E-state index contributed by atoms with van der Waals surface area (Å²) in [4.78, 5) is 14.1. The van der Waals surface area contributed by atoms with Gasteiger partial charge in [0, 0.05) is 62.5 Å². The summed E-state index contributed by atoms with van der Waals surface area (Å²) in [6.07, 6.45) is 10.4. The zero-order valence-electron chi connectivity index (χ0n) is 32.5. The molecule has 8 rings (SSSR count). The topological polar surface area (TPSA) is 74.2 Å². The zero-order chi connectivity index (χ0) is 39.8. The minimum absolute atomic E-state index is 0.332. The van der Waals surface area contributed by atoms with Crippen molar-refractivity contribution < 1.29 is 9.90 Å². The number of hydrogen-bond acceptors (Lipinski definition) is 3. The number of rotatable bonds is 14. The fraction of sp³-hybridized carbons (Fsp3) is 0.115. The van der Waals surface area contributed by atoms with Crippen LogP contribution in [-0.4, -0.2) is 20.2 Å². The predicted molar refractivity (Wildman–Crippen MR) is 240 cm³/mol. The third-order valence-corrected chi connectivity index (χ3v) is 10.7. The number of aromatic nitrogens is 2. The molecule has 0 spiro atoms. The summed E-state index contributed by atoms with van der Waals surface area (Å²) in [5.74, 6) is -1.26. The van der Waals surface area contributed by atoms with Crippen molar-refractivity contribution in [2.75, 3.05) is 4.90 Å². The lowest BCUT2D eigenvalue weighted by Gasteiger charge is -2.25. The maximum absolute atomic E-state index is 11.9. The number of aryl methyl sites for hydroxylation is 1. The van der Waals surface area contributed by atoms with E-state index in [4.69, 9.17) is 0 Å². The van der Waals surface area contributed by atoms with Gasteiger partial charge in [-0.05, 0) is 114 Å². The molecule has 0 aliphatic carbocycles. The van der Waals surface area contributed by atoms with Gasteiger partial charge in [0.2, 0.25) is 0 Å². The number of benzene rings is 6. The Morgan fingerprint density at radius 2 is 1.26 bits per heavy atom. The number of unbranched alkanes of at least 4 members (excludes halogenated alkanes) is 3. The number of nitrogens with zero attached hydrogens (tertiary/aromatic N) is 4. The van der Waals surface area contributed by atoms with Crippen LogP contribution in [0.2, 0.25) is 0 Å². The number of carboxylic acid groups (broad SMARTS) is 1. The number of para-hydroxylation sites is 3. The first-order valence-corrected chi connectivity index (χ1v) is 19.9. The molecule has 0 amide bonds. The molecule has 6 aromatic carbocycles. The molecular formula is C52H44N4O2. The van der Waals surface area contributed by atoms with Gasteiger partial charge in [0.25, 0.3) is 0 Å². The lowest BCUT2D eigenvalue weighted by molar-refractivity contribution is -0.132. The number of carboxylic acids is 1. The van der Waals surface area contributed by atoms with E-state index in [0.29, 0.717) is 5.69 Å². The highest BCUT2D eigenvalue weighted by atomic mass is 16.4. The Hall–Kier alpha value is -7.36. The summed E-state index contributed by atoms with van der Waals surface area (Å²) in [5.41, 5.74) is 10.9. The van der Waals surface area contributed by atoms with Crippen LogP contribution in [0.3, 0.4) is 0 Å². The summed E-state index contributed by atoms with van der Waals surface area (Å²) in [5, 5.41) is 21.8. The van der Waals surface area contributed by atoms with E-state index in [1.54, 1.807) is 0 Å². The van der Waals surface area contributed by atoms with Crippen LogP contribution in [0.4, 0.5) is 17.1 Å². The molecule has 0 saturated carbocycles. The van der Waals surface area contributed by atoms with Gasteiger partial charge in [-0.1, -0.05) is 117 Å². The highest BCUT2D eigenvalue weighted by Gasteiger charge is 2.15. The van der Waals surface area contributed by atoms with Gasteiger partial charge in [-0.25, -0.2) is 4.79 Å². The van der Waals surface area contributed by atoms with E-state index < -0.39 is 5.97 Å². The zero-order valence-corrected chi connectivity index (χ0v) is 32.5. The van der Waals surface area contributed by atoms with Crippen LogP contribution in [0.15, 0.2) is 169 Å². The Labute approximate surface area is 339 Å². The van der Waals surface area contributed by atoms with E-state index in [0.717, 1.165) is 58.1 Å². The summed E-state index contributed by atoms with van der Waals surface area (Å²) < 4.78 is 4.45. The molecule has 0 aliphatic rings.